The van der Waals surface area contributed by atoms with Gasteiger partial charge in [-0.1, -0.05) is 23.7 Å². The van der Waals surface area contributed by atoms with Crippen molar-refractivity contribution in [1.82, 2.24) is 0 Å². The van der Waals surface area contributed by atoms with E-state index in [-0.39, 0.29) is 0 Å². The maximum Gasteiger partial charge on any atom is 0.153 e. The van der Waals surface area contributed by atoms with Gasteiger partial charge in [-0.3, -0.25) is 4.79 Å². The van der Waals surface area contributed by atoms with E-state index in [9.17, 15) is 4.79 Å². The van der Waals surface area contributed by atoms with E-state index >= 15 is 0 Å². The third-order valence-electron chi connectivity index (χ3n) is 2.54. The Morgan fingerprint density at radius 3 is 2.58 bits per heavy atom. The summed E-state index contributed by atoms with van der Waals surface area (Å²) in [5.41, 5.74) is 1.35. The van der Waals surface area contributed by atoms with Gasteiger partial charge in [0, 0.05) is 11.1 Å². The minimum Gasteiger partial charge on any atom is -0.457 e. The number of aldehydes is 1. The maximum atomic E-state index is 10.9. The summed E-state index contributed by atoms with van der Waals surface area (Å²) < 4.78 is 5.62. The highest BCUT2D eigenvalue weighted by molar-refractivity contribution is 6.30. The van der Waals surface area contributed by atoms with E-state index < -0.39 is 0 Å². The van der Waals surface area contributed by atoms with Crippen LogP contribution in [0.25, 0.3) is 0 Å². The normalized spacial score (nSPS) is 9.68. The van der Waals surface area contributed by atoms with Gasteiger partial charge in [0.15, 0.2) is 6.29 Å². The van der Waals surface area contributed by atoms with Gasteiger partial charge in [0.25, 0.3) is 0 Å². The second kappa shape index (κ2) is 6.03. The lowest BCUT2D eigenvalue weighted by Gasteiger charge is -2.08. The number of rotatable bonds is 4. The predicted octanol–water partition coefficient (Wildman–Crippen LogP) is 4.01. The molecule has 0 aliphatic heterocycles. The van der Waals surface area contributed by atoms with Crippen molar-refractivity contribution < 1.29 is 9.53 Å². The molecule has 0 heterocycles. The molecule has 3 nitrogen and oxygen atoms in total. The quantitative estimate of drug-likeness (QED) is 0.790. The van der Waals surface area contributed by atoms with Gasteiger partial charge in [0.05, 0.1) is 18.1 Å². The van der Waals surface area contributed by atoms with Gasteiger partial charge < -0.3 is 4.74 Å². The minimum atomic E-state index is 0.358. The van der Waals surface area contributed by atoms with E-state index in [4.69, 9.17) is 21.6 Å². The Labute approximate surface area is 116 Å². The first-order chi connectivity index (χ1) is 9.22. The van der Waals surface area contributed by atoms with Crippen LogP contribution in [0.4, 0.5) is 0 Å². The molecule has 0 amide bonds. The summed E-state index contributed by atoms with van der Waals surface area (Å²) >= 11 is 5.87. The Kier molecular flexibility index (Phi) is 4.17. The molecule has 0 atom stereocenters. The van der Waals surface area contributed by atoms with Crippen molar-refractivity contribution in [3.05, 3.63) is 58.6 Å². The monoisotopic (exact) mass is 271 g/mol. The van der Waals surface area contributed by atoms with Crippen LogP contribution >= 0.6 is 11.6 Å². The van der Waals surface area contributed by atoms with E-state index in [1.807, 2.05) is 12.1 Å². The molecule has 94 valence electrons. The Morgan fingerprint density at radius 2 is 1.95 bits per heavy atom. The summed E-state index contributed by atoms with van der Waals surface area (Å²) in [5, 5.41) is 9.09. The molecule has 0 radical (unpaired) electrons. The fourth-order valence-corrected chi connectivity index (χ4v) is 1.75. The lowest BCUT2D eigenvalue weighted by molar-refractivity contribution is 0.112. The topological polar surface area (TPSA) is 50.1 Å². The zero-order valence-electron chi connectivity index (χ0n) is 9.97. The average molecular weight is 272 g/mol. The van der Waals surface area contributed by atoms with Crippen LogP contribution in [0, 0.1) is 11.3 Å². The first-order valence-corrected chi connectivity index (χ1v) is 5.99. The van der Waals surface area contributed by atoms with Crippen molar-refractivity contribution in [2.45, 2.75) is 6.42 Å². The second-order valence-corrected chi connectivity index (χ2v) is 4.32. The Balaban J connectivity index is 2.23. The molecule has 0 bridgehead atoms. The number of nitrogens with zero attached hydrogens (tertiary/aromatic N) is 1. The van der Waals surface area contributed by atoms with E-state index in [2.05, 4.69) is 6.07 Å². The standard InChI is InChI=1S/C15H10ClNO2/c16-13-4-3-12(10-18)15(9-13)19-14-5-1-11(2-6-14)7-8-17/h1-6,9-10H,7H2. The van der Waals surface area contributed by atoms with E-state index in [1.165, 1.54) is 0 Å². The fraction of sp³-hybridized carbons (Fsp3) is 0.0667. The van der Waals surface area contributed by atoms with Gasteiger partial charge in [-0.25, -0.2) is 0 Å². The number of hydrogen-bond donors (Lipinski definition) is 0. The van der Waals surface area contributed by atoms with Crippen LogP contribution in [-0.2, 0) is 6.42 Å². The Hall–Kier alpha value is -2.31. The van der Waals surface area contributed by atoms with Crippen LogP contribution in [0.1, 0.15) is 15.9 Å². The average Bonchev–Trinajstić information content (AvgIpc) is 2.42. The van der Waals surface area contributed by atoms with E-state index in [1.54, 1.807) is 30.3 Å². The summed E-state index contributed by atoms with van der Waals surface area (Å²) in [5.74, 6) is 1.00. The lowest BCUT2D eigenvalue weighted by Crippen LogP contribution is -1.91. The second-order valence-electron chi connectivity index (χ2n) is 3.88. The molecule has 0 unspecified atom stereocenters. The zero-order chi connectivity index (χ0) is 13.7. The maximum absolute atomic E-state index is 10.9. The van der Waals surface area contributed by atoms with E-state index in [0.29, 0.717) is 28.5 Å². The van der Waals surface area contributed by atoms with Gasteiger partial charge in [0.2, 0.25) is 0 Å². The summed E-state index contributed by atoms with van der Waals surface area (Å²) in [6.07, 6.45) is 1.08. The SMILES string of the molecule is N#CCc1ccc(Oc2cc(Cl)ccc2C=O)cc1. The number of benzene rings is 2. The van der Waals surface area contributed by atoms with Gasteiger partial charge in [-0.05, 0) is 29.8 Å². The third kappa shape index (κ3) is 3.34. The van der Waals surface area contributed by atoms with Crippen molar-refractivity contribution >= 4 is 17.9 Å². The van der Waals surface area contributed by atoms with Crippen LogP contribution < -0.4 is 4.74 Å². The molecule has 2 rings (SSSR count). The molecule has 19 heavy (non-hydrogen) atoms. The molecule has 0 fully saturated rings. The van der Waals surface area contributed by atoms with E-state index in [0.717, 1.165) is 11.8 Å². The largest absolute Gasteiger partial charge is 0.457 e. The van der Waals surface area contributed by atoms with Crippen LogP contribution in [-0.4, -0.2) is 6.29 Å². The van der Waals surface area contributed by atoms with Crippen LogP contribution in [0.15, 0.2) is 42.5 Å². The Bertz CT molecular complexity index is 630. The van der Waals surface area contributed by atoms with Crippen LogP contribution in [0.3, 0.4) is 0 Å². The third-order valence-corrected chi connectivity index (χ3v) is 2.77. The van der Waals surface area contributed by atoms with Crippen LogP contribution in [0.2, 0.25) is 5.02 Å². The smallest absolute Gasteiger partial charge is 0.153 e. The molecule has 2 aromatic rings. The van der Waals surface area contributed by atoms with Gasteiger partial charge in [0.1, 0.15) is 11.5 Å². The molecule has 0 aromatic heterocycles. The number of carbonyl (C=O) groups is 1. The predicted molar refractivity (Wildman–Crippen MR) is 72.7 cm³/mol. The summed E-state index contributed by atoms with van der Waals surface area (Å²) in [6, 6.07) is 14.0. The van der Waals surface area contributed by atoms with Gasteiger partial charge >= 0.3 is 0 Å². The summed E-state index contributed by atoms with van der Waals surface area (Å²) in [4.78, 5) is 10.9. The fourth-order valence-electron chi connectivity index (χ4n) is 1.59. The molecule has 4 heteroatoms. The van der Waals surface area contributed by atoms with Crippen molar-refractivity contribution in [2.24, 2.45) is 0 Å². The highest BCUT2D eigenvalue weighted by Crippen LogP contribution is 2.27. The number of halogens is 1. The van der Waals surface area contributed by atoms with Crippen molar-refractivity contribution in [2.75, 3.05) is 0 Å². The molecule has 0 aliphatic carbocycles. The number of ether oxygens (including phenoxy) is 1. The first-order valence-electron chi connectivity index (χ1n) is 5.61. The Morgan fingerprint density at radius 1 is 1.21 bits per heavy atom. The number of hydrogen-bond acceptors (Lipinski definition) is 3. The molecule has 2 aromatic carbocycles. The molecular weight excluding hydrogens is 262 g/mol. The van der Waals surface area contributed by atoms with Crippen molar-refractivity contribution in [3.8, 4) is 17.6 Å². The van der Waals surface area contributed by atoms with Crippen LogP contribution in [0.5, 0.6) is 11.5 Å². The lowest BCUT2D eigenvalue weighted by atomic mass is 10.1. The molecular formula is C15H10ClNO2. The number of carbonyl (C=O) groups excluding carboxylic acids is 1. The van der Waals surface area contributed by atoms with Crippen molar-refractivity contribution in [3.63, 3.8) is 0 Å². The summed E-state index contributed by atoms with van der Waals surface area (Å²) in [7, 11) is 0. The molecule has 0 saturated carbocycles. The van der Waals surface area contributed by atoms with Gasteiger partial charge in [-0.15, -0.1) is 0 Å². The molecule has 0 saturated heterocycles. The highest BCUT2D eigenvalue weighted by atomic mass is 35.5. The van der Waals surface area contributed by atoms with Gasteiger partial charge in [-0.2, -0.15) is 5.26 Å². The minimum absolute atomic E-state index is 0.358. The molecule has 0 spiro atoms. The number of nitriles is 1. The van der Waals surface area contributed by atoms with Crippen molar-refractivity contribution in [1.29, 1.82) is 5.26 Å². The molecule has 0 aliphatic rings. The summed E-state index contributed by atoms with van der Waals surface area (Å²) in [6.45, 7) is 0. The zero-order valence-corrected chi connectivity index (χ0v) is 10.7. The highest BCUT2D eigenvalue weighted by Gasteiger charge is 2.05. The first kappa shape index (κ1) is 13.1. The molecule has 0 N–H and O–H groups in total.